The van der Waals surface area contributed by atoms with Gasteiger partial charge in [-0.25, -0.2) is 0 Å². The minimum Gasteiger partial charge on any atom is -0.370 e. The molecule has 1 nitrogen and oxygen atoms in total. The first kappa shape index (κ1) is 4.80. The fraction of sp³-hybridized carbons (Fsp3) is 1.00. The highest BCUT2D eigenvalue weighted by molar-refractivity contribution is 4.91. The maximum absolute atomic E-state index is 5.32. The van der Waals surface area contributed by atoms with E-state index >= 15 is 0 Å². The van der Waals surface area contributed by atoms with Crippen molar-refractivity contribution in [2.24, 2.45) is 5.92 Å². The molecule has 46 valence electrons. The summed E-state index contributed by atoms with van der Waals surface area (Å²) in [7, 11) is 0. The van der Waals surface area contributed by atoms with Gasteiger partial charge in [-0.1, -0.05) is 6.42 Å². The van der Waals surface area contributed by atoms with E-state index in [0.717, 1.165) is 5.92 Å². The molecule has 2 atom stereocenters. The molecule has 0 radical (unpaired) electrons. The summed E-state index contributed by atoms with van der Waals surface area (Å²) < 4.78 is 5.32. The molecule has 8 heavy (non-hydrogen) atoms. The molecule has 0 N–H and O–H groups in total. The van der Waals surface area contributed by atoms with Gasteiger partial charge in [-0.2, -0.15) is 0 Å². The Morgan fingerprint density at radius 2 is 2.00 bits per heavy atom. The van der Waals surface area contributed by atoms with Gasteiger partial charge in [0.25, 0.3) is 0 Å². The molecule has 1 heteroatoms. The second-order valence-electron chi connectivity index (χ2n) is 3.00. The molecule has 0 aromatic heterocycles. The molecule has 2 aliphatic rings. The van der Waals surface area contributed by atoms with E-state index in [9.17, 15) is 0 Å². The molecule has 0 bridgehead atoms. The Balaban J connectivity index is 1.82. The van der Waals surface area contributed by atoms with Crippen LogP contribution in [0.15, 0.2) is 0 Å². The van der Waals surface area contributed by atoms with Gasteiger partial charge in [-0.15, -0.1) is 0 Å². The SMILES string of the molecule is CC1OC1C1CCC1. The van der Waals surface area contributed by atoms with Crippen molar-refractivity contribution < 1.29 is 4.74 Å². The first-order chi connectivity index (χ1) is 3.88. The largest absolute Gasteiger partial charge is 0.370 e. The highest BCUT2D eigenvalue weighted by atomic mass is 16.6. The van der Waals surface area contributed by atoms with Crippen molar-refractivity contribution in [3.8, 4) is 0 Å². The molecule has 2 unspecified atom stereocenters. The predicted molar refractivity (Wildman–Crippen MR) is 31.7 cm³/mol. The molecule has 2 fully saturated rings. The number of epoxide rings is 1. The van der Waals surface area contributed by atoms with Crippen LogP contribution in [-0.2, 0) is 4.74 Å². The van der Waals surface area contributed by atoms with E-state index in [1.165, 1.54) is 19.3 Å². The van der Waals surface area contributed by atoms with Gasteiger partial charge < -0.3 is 4.74 Å². The lowest BCUT2D eigenvalue weighted by atomic mass is 9.82. The maximum atomic E-state index is 5.32. The van der Waals surface area contributed by atoms with Crippen LogP contribution in [0.4, 0.5) is 0 Å². The summed E-state index contributed by atoms with van der Waals surface area (Å²) in [6, 6.07) is 0. The second kappa shape index (κ2) is 1.47. The minimum atomic E-state index is 0.597. The Bertz CT molecular complexity index is 93.8. The molecule has 0 aromatic carbocycles. The molecule has 0 aromatic rings. The zero-order chi connectivity index (χ0) is 5.56. The van der Waals surface area contributed by atoms with Gasteiger partial charge in [0.2, 0.25) is 0 Å². The van der Waals surface area contributed by atoms with E-state index < -0.39 is 0 Å². The smallest absolute Gasteiger partial charge is 0.0867 e. The van der Waals surface area contributed by atoms with E-state index in [1.54, 1.807) is 0 Å². The number of hydrogen-bond donors (Lipinski definition) is 0. The lowest BCUT2D eigenvalue weighted by molar-refractivity contribution is 0.230. The van der Waals surface area contributed by atoms with Crippen molar-refractivity contribution >= 4 is 0 Å². The average molecular weight is 112 g/mol. The Labute approximate surface area is 50.0 Å². The zero-order valence-corrected chi connectivity index (χ0v) is 5.26. The van der Waals surface area contributed by atoms with Crippen molar-refractivity contribution in [2.75, 3.05) is 0 Å². The van der Waals surface area contributed by atoms with Crippen LogP contribution < -0.4 is 0 Å². The molecular weight excluding hydrogens is 100 g/mol. The molecule has 0 amide bonds. The van der Waals surface area contributed by atoms with Gasteiger partial charge in [0, 0.05) is 0 Å². The molecule has 1 saturated carbocycles. The van der Waals surface area contributed by atoms with Crippen LogP contribution in [0.25, 0.3) is 0 Å². The normalized spacial score (nSPS) is 46.1. The third-order valence-corrected chi connectivity index (χ3v) is 2.37. The van der Waals surface area contributed by atoms with Crippen LogP contribution in [0, 0.1) is 5.92 Å². The van der Waals surface area contributed by atoms with Crippen LogP contribution in [0.3, 0.4) is 0 Å². The first-order valence-electron chi connectivity index (χ1n) is 3.53. The van der Waals surface area contributed by atoms with Crippen molar-refractivity contribution in [1.82, 2.24) is 0 Å². The number of rotatable bonds is 1. The van der Waals surface area contributed by atoms with E-state index in [0.29, 0.717) is 12.2 Å². The molecular formula is C7H12O. The zero-order valence-electron chi connectivity index (χ0n) is 5.26. The van der Waals surface area contributed by atoms with E-state index in [1.807, 2.05) is 0 Å². The third-order valence-electron chi connectivity index (χ3n) is 2.37. The third kappa shape index (κ3) is 0.576. The predicted octanol–water partition coefficient (Wildman–Crippen LogP) is 1.57. The average Bonchev–Trinajstić information content (AvgIpc) is 2.13. The van der Waals surface area contributed by atoms with E-state index in [4.69, 9.17) is 4.74 Å². The monoisotopic (exact) mass is 112 g/mol. The topological polar surface area (TPSA) is 12.5 Å². The molecule has 2 rings (SSSR count). The van der Waals surface area contributed by atoms with E-state index in [2.05, 4.69) is 6.92 Å². The minimum absolute atomic E-state index is 0.597. The quantitative estimate of drug-likeness (QED) is 0.469. The van der Waals surface area contributed by atoms with E-state index in [-0.39, 0.29) is 0 Å². The summed E-state index contributed by atoms with van der Waals surface area (Å²) in [5, 5.41) is 0. The maximum Gasteiger partial charge on any atom is 0.0867 e. The van der Waals surface area contributed by atoms with Gasteiger partial charge in [0.15, 0.2) is 0 Å². The molecule has 1 saturated heterocycles. The van der Waals surface area contributed by atoms with Gasteiger partial charge >= 0.3 is 0 Å². The Hall–Kier alpha value is -0.0400. The van der Waals surface area contributed by atoms with Gasteiger partial charge in [0.05, 0.1) is 12.2 Å². The summed E-state index contributed by atoms with van der Waals surface area (Å²) in [6.07, 6.45) is 5.56. The Kier molecular flexibility index (Phi) is 0.884. The highest BCUT2D eigenvalue weighted by Crippen LogP contribution is 2.40. The number of ether oxygens (including phenoxy) is 1. The molecule has 1 aliphatic heterocycles. The standard InChI is InChI=1S/C7H12O/c1-5-7(8-5)6-3-2-4-6/h5-7H,2-4H2,1H3. The summed E-state index contributed by atoms with van der Waals surface area (Å²) >= 11 is 0. The van der Waals surface area contributed by atoms with Gasteiger partial charge in [-0.3, -0.25) is 0 Å². The number of hydrogen-bond acceptors (Lipinski definition) is 1. The van der Waals surface area contributed by atoms with Gasteiger partial charge in [0.1, 0.15) is 0 Å². The van der Waals surface area contributed by atoms with Crippen molar-refractivity contribution in [1.29, 1.82) is 0 Å². The highest BCUT2D eigenvalue weighted by Gasteiger charge is 2.43. The summed E-state index contributed by atoms with van der Waals surface area (Å²) in [5.74, 6) is 0.949. The summed E-state index contributed by atoms with van der Waals surface area (Å²) in [6.45, 7) is 2.17. The van der Waals surface area contributed by atoms with Crippen LogP contribution in [-0.4, -0.2) is 12.2 Å². The van der Waals surface area contributed by atoms with Crippen LogP contribution >= 0.6 is 0 Å². The van der Waals surface area contributed by atoms with Crippen LogP contribution in [0.1, 0.15) is 26.2 Å². The van der Waals surface area contributed by atoms with Gasteiger partial charge in [-0.05, 0) is 25.7 Å². The van der Waals surface area contributed by atoms with Crippen molar-refractivity contribution in [3.05, 3.63) is 0 Å². The summed E-state index contributed by atoms with van der Waals surface area (Å²) in [5.41, 5.74) is 0. The first-order valence-corrected chi connectivity index (χ1v) is 3.53. The lowest BCUT2D eigenvalue weighted by Gasteiger charge is -2.22. The fourth-order valence-corrected chi connectivity index (χ4v) is 1.47. The molecule has 0 spiro atoms. The second-order valence-corrected chi connectivity index (χ2v) is 3.00. The Morgan fingerprint density at radius 3 is 2.12 bits per heavy atom. The summed E-state index contributed by atoms with van der Waals surface area (Å²) in [4.78, 5) is 0. The molecule has 1 aliphatic carbocycles. The molecule has 1 heterocycles. The van der Waals surface area contributed by atoms with Crippen molar-refractivity contribution in [3.63, 3.8) is 0 Å². The van der Waals surface area contributed by atoms with Crippen molar-refractivity contribution in [2.45, 2.75) is 38.4 Å². The fourth-order valence-electron chi connectivity index (χ4n) is 1.47. The Morgan fingerprint density at radius 1 is 1.38 bits per heavy atom. The van der Waals surface area contributed by atoms with Crippen LogP contribution in [0.2, 0.25) is 0 Å². The van der Waals surface area contributed by atoms with Crippen LogP contribution in [0.5, 0.6) is 0 Å². The lowest BCUT2D eigenvalue weighted by Crippen LogP contribution is -2.18.